The van der Waals surface area contributed by atoms with Gasteiger partial charge in [-0.1, -0.05) is 6.92 Å². The Morgan fingerprint density at radius 3 is 1.64 bits per heavy atom. The van der Waals surface area contributed by atoms with Crippen LogP contribution >= 0.6 is 0 Å². The molecule has 0 radical (unpaired) electrons. The zero-order chi connectivity index (χ0) is 8.36. The van der Waals surface area contributed by atoms with Gasteiger partial charge in [0, 0.05) is 0 Å². The van der Waals surface area contributed by atoms with Crippen molar-refractivity contribution < 1.29 is 24.2 Å². The third kappa shape index (κ3) is 2.62. The van der Waals surface area contributed by atoms with Crippen LogP contribution in [0.15, 0.2) is 0 Å². The van der Waals surface area contributed by atoms with Crippen LogP contribution in [0.25, 0.3) is 0 Å². The Balaban J connectivity index is 0. The molecule has 0 saturated heterocycles. The summed E-state index contributed by atoms with van der Waals surface area (Å²) < 4.78 is 12.4. The molecule has 0 fully saturated rings. The van der Waals surface area contributed by atoms with Gasteiger partial charge in [0.15, 0.2) is 5.67 Å². The number of alkyl halides is 1. The molecule has 11 heavy (non-hydrogen) atoms. The third-order valence-electron chi connectivity index (χ3n) is 1.13. The van der Waals surface area contributed by atoms with Crippen LogP contribution < -0.4 is 10.2 Å². The standard InChI is InChI=1S/C5H7FO4.Mg/c1-2-5(6,3(7)8)4(9)10;/h2H2,1H3,(H,7,8)(H,9,10);/q;+2/p-2. The number of carboxylic acid groups (broad SMARTS) is 2. The number of hydrogen-bond acceptors (Lipinski definition) is 4. The molecule has 0 aliphatic rings. The van der Waals surface area contributed by atoms with Crippen molar-refractivity contribution in [3.05, 3.63) is 0 Å². The minimum Gasteiger partial charge on any atom is -0.546 e. The topological polar surface area (TPSA) is 80.3 Å². The molecule has 0 amide bonds. The van der Waals surface area contributed by atoms with Crippen molar-refractivity contribution in [3.63, 3.8) is 0 Å². The summed E-state index contributed by atoms with van der Waals surface area (Å²) >= 11 is 0. The molecule has 0 aromatic carbocycles. The Morgan fingerprint density at radius 2 is 1.64 bits per heavy atom. The average molecular weight is 172 g/mol. The van der Waals surface area contributed by atoms with Crippen molar-refractivity contribution >= 4 is 35.0 Å². The van der Waals surface area contributed by atoms with E-state index in [0.29, 0.717) is 0 Å². The van der Waals surface area contributed by atoms with Crippen LogP contribution in [0.3, 0.4) is 0 Å². The normalized spacial score (nSPS) is 10.0. The minimum absolute atomic E-state index is 0. The van der Waals surface area contributed by atoms with Gasteiger partial charge in [-0.2, -0.15) is 0 Å². The Labute approximate surface area is 78.5 Å². The average Bonchev–Trinajstić information content (AvgIpc) is 1.85. The van der Waals surface area contributed by atoms with Crippen LogP contribution in [0.2, 0.25) is 0 Å². The molecule has 0 atom stereocenters. The quantitative estimate of drug-likeness (QED) is 0.341. The van der Waals surface area contributed by atoms with Crippen LogP contribution in [0.4, 0.5) is 4.39 Å². The largest absolute Gasteiger partial charge is 2.00 e. The van der Waals surface area contributed by atoms with Gasteiger partial charge < -0.3 is 19.8 Å². The van der Waals surface area contributed by atoms with E-state index in [0.717, 1.165) is 6.92 Å². The first-order valence-corrected chi connectivity index (χ1v) is 2.57. The summed E-state index contributed by atoms with van der Waals surface area (Å²) in [5, 5.41) is 19.6. The van der Waals surface area contributed by atoms with Crippen LogP contribution in [0, 0.1) is 0 Å². The molecule has 0 aromatic rings. The molecule has 0 aromatic heterocycles. The van der Waals surface area contributed by atoms with E-state index in [-0.39, 0.29) is 23.1 Å². The van der Waals surface area contributed by atoms with E-state index in [1.54, 1.807) is 0 Å². The predicted molar refractivity (Wildman–Crippen MR) is 29.9 cm³/mol. The van der Waals surface area contributed by atoms with Crippen LogP contribution in [-0.4, -0.2) is 40.7 Å². The maximum atomic E-state index is 12.4. The number of carbonyl (C=O) groups excluding carboxylic acids is 2. The summed E-state index contributed by atoms with van der Waals surface area (Å²) in [6.07, 6.45) is -0.697. The number of carboxylic acids is 2. The first-order valence-electron chi connectivity index (χ1n) is 2.57. The fraction of sp³-hybridized carbons (Fsp3) is 0.600. The fourth-order valence-electron chi connectivity index (χ4n) is 0.372. The number of halogens is 1. The van der Waals surface area contributed by atoms with Crippen LogP contribution in [-0.2, 0) is 9.59 Å². The Bertz CT molecular complexity index is 156. The summed E-state index contributed by atoms with van der Waals surface area (Å²) in [5.74, 6) is -4.54. The van der Waals surface area contributed by atoms with Gasteiger partial charge in [-0.25, -0.2) is 4.39 Å². The molecule has 58 valence electrons. The SMILES string of the molecule is CCC(F)(C(=O)[O-])C(=O)[O-].[Mg+2]. The molecule has 0 aliphatic heterocycles. The Morgan fingerprint density at radius 1 is 1.36 bits per heavy atom. The van der Waals surface area contributed by atoms with Gasteiger partial charge in [-0.3, -0.25) is 0 Å². The minimum atomic E-state index is -3.35. The first-order chi connectivity index (χ1) is 4.45. The third-order valence-corrected chi connectivity index (χ3v) is 1.13. The fourth-order valence-corrected chi connectivity index (χ4v) is 0.372. The van der Waals surface area contributed by atoms with E-state index in [1.165, 1.54) is 0 Å². The summed E-state index contributed by atoms with van der Waals surface area (Å²) in [4.78, 5) is 19.6. The molecule has 0 N–H and O–H groups in total. The second kappa shape index (κ2) is 4.50. The molecule has 0 heterocycles. The summed E-state index contributed by atoms with van der Waals surface area (Å²) in [6.45, 7) is 1.08. The van der Waals surface area contributed by atoms with Crippen molar-refractivity contribution in [3.8, 4) is 0 Å². The van der Waals surface area contributed by atoms with Crippen LogP contribution in [0.5, 0.6) is 0 Å². The maximum Gasteiger partial charge on any atom is 2.00 e. The molecular weight excluding hydrogens is 167 g/mol. The van der Waals surface area contributed by atoms with E-state index >= 15 is 0 Å². The van der Waals surface area contributed by atoms with E-state index in [9.17, 15) is 24.2 Å². The maximum absolute atomic E-state index is 12.4. The number of rotatable bonds is 3. The van der Waals surface area contributed by atoms with Gasteiger partial charge in [0.25, 0.3) is 0 Å². The smallest absolute Gasteiger partial charge is 0.546 e. The number of hydrogen-bond donors (Lipinski definition) is 0. The van der Waals surface area contributed by atoms with Gasteiger partial charge in [0.2, 0.25) is 0 Å². The van der Waals surface area contributed by atoms with Gasteiger partial charge in [0.05, 0.1) is 11.9 Å². The monoisotopic (exact) mass is 172 g/mol. The molecule has 0 unspecified atom stereocenters. The van der Waals surface area contributed by atoms with Crippen molar-refractivity contribution in [1.82, 2.24) is 0 Å². The molecule has 4 nitrogen and oxygen atoms in total. The summed E-state index contributed by atoms with van der Waals surface area (Å²) in [6, 6.07) is 0. The van der Waals surface area contributed by atoms with Crippen molar-refractivity contribution in [2.24, 2.45) is 0 Å². The van der Waals surface area contributed by atoms with Crippen molar-refractivity contribution in [2.45, 2.75) is 19.0 Å². The van der Waals surface area contributed by atoms with Gasteiger partial charge in [-0.05, 0) is 6.42 Å². The molecule has 0 saturated carbocycles. The van der Waals surface area contributed by atoms with E-state index < -0.39 is 24.0 Å². The number of carbonyl (C=O) groups is 2. The zero-order valence-electron chi connectivity index (χ0n) is 5.93. The van der Waals surface area contributed by atoms with Gasteiger partial charge in [-0.15, -0.1) is 0 Å². The van der Waals surface area contributed by atoms with Gasteiger partial charge in [0.1, 0.15) is 0 Å². The molecule has 0 aliphatic carbocycles. The van der Waals surface area contributed by atoms with E-state index in [4.69, 9.17) is 0 Å². The van der Waals surface area contributed by atoms with Crippen molar-refractivity contribution in [1.29, 1.82) is 0 Å². The molecule has 6 heteroatoms. The number of aliphatic carboxylic acids is 2. The van der Waals surface area contributed by atoms with E-state index in [2.05, 4.69) is 0 Å². The second-order valence-electron chi connectivity index (χ2n) is 1.73. The summed E-state index contributed by atoms with van der Waals surface area (Å²) in [7, 11) is 0. The molecule has 0 bridgehead atoms. The molecule has 0 rings (SSSR count). The summed E-state index contributed by atoms with van der Waals surface area (Å²) in [5.41, 5.74) is -3.35. The molecule has 0 spiro atoms. The van der Waals surface area contributed by atoms with Gasteiger partial charge >= 0.3 is 23.1 Å². The predicted octanol–water partition coefficient (Wildman–Crippen LogP) is -2.78. The van der Waals surface area contributed by atoms with E-state index in [1.807, 2.05) is 0 Å². The Kier molecular flexibility index (Phi) is 5.42. The van der Waals surface area contributed by atoms with Crippen molar-refractivity contribution in [2.75, 3.05) is 0 Å². The van der Waals surface area contributed by atoms with Crippen LogP contribution in [0.1, 0.15) is 13.3 Å². The second-order valence-corrected chi connectivity index (χ2v) is 1.73. The first kappa shape index (κ1) is 13.2. The molecular formula is C5H5FMgO4. The zero-order valence-corrected chi connectivity index (χ0v) is 7.34. The Hall–Kier alpha value is -0.364.